The van der Waals surface area contributed by atoms with Crippen molar-refractivity contribution in [2.24, 2.45) is 0 Å². The van der Waals surface area contributed by atoms with Crippen LogP contribution in [0.25, 0.3) is 0 Å². The van der Waals surface area contributed by atoms with Crippen LogP contribution >= 0.6 is 0 Å². The van der Waals surface area contributed by atoms with E-state index in [1.807, 2.05) is 0 Å². The van der Waals surface area contributed by atoms with E-state index in [1.54, 1.807) is 29.2 Å². The molecule has 0 heterocycles. The molecule has 1 amide bonds. The Morgan fingerprint density at radius 3 is 2.53 bits per heavy atom. The average molecular weight is 236 g/mol. The van der Waals surface area contributed by atoms with Gasteiger partial charge in [-0.1, -0.05) is 12.1 Å². The second-order valence-corrected chi connectivity index (χ2v) is 4.14. The molecule has 0 unspecified atom stereocenters. The number of carbonyl (C=O) groups is 1. The van der Waals surface area contributed by atoms with Gasteiger partial charge in [0.2, 0.25) is 0 Å². The van der Waals surface area contributed by atoms with Crippen LogP contribution in [0.2, 0.25) is 0 Å². The Bertz CT molecular complexity index is 387. The Morgan fingerprint density at radius 1 is 1.41 bits per heavy atom. The van der Waals surface area contributed by atoms with E-state index in [2.05, 4.69) is 11.8 Å². The Labute approximate surface area is 100 Å². The first-order valence-corrected chi connectivity index (χ1v) is 5.60. The quantitative estimate of drug-likeness (QED) is 0.786. The zero-order valence-electron chi connectivity index (χ0n) is 9.56. The Kier molecular flexibility index (Phi) is 3.74. The molecule has 91 valence electrons. The van der Waals surface area contributed by atoms with Crippen molar-refractivity contribution in [3.63, 3.8) is 0 Å². The van der Waals surface area contributed by atoms with Gasteiger partial charge in [-0.25, -0.2) is 4.39 Å². The highest BCUT2D eigenvalue weighted by Gasteiger charge is 2.33. The lowest BCUT2D eigenvalue weighted by molar-refractivity contribution is -0.121. The summed E-state index contributed by atoms with van der Waals surface area (Å²) in [4.78, 5) is 13.6. The fourth-order valence-corrected chi connectivity index (χ4v) is 1.79. The summed E-state index contributed by atoms with van der Waals surface area (Å²) in [7, 11) is 3.21. The lowest BCUT2D eigenvalue weighted by atomic mass is 10.2. The fourth-order valence-electron chi connectivity index (χ4n) is 1.79. The van der Waals surface area contributed by atoms with Crippen LogP contribution in [0.15, 0.2) is 24.3 Å². The lowest BCUT2D eigenvalue weighted by Crippen LogP contribution is -2.35. The van der Waals surface area contributed by atoms with E-state index < -0.39 is 6.67 Å². The molecule has 4 heteroatoms. The standard InChI is InChI=1S/C13H15FNO2/c1-17-9-13(16)15(12-6-7-12)11-4-2-10(8-14)3-5-11/h2-5,12H,1,6-9H2. The molecular formula is C13H15FNO2. The first-order valence-electron chi connectivity index (χ1n) is 5.60. The number of ether oxygens (including phenoxy) is 1. The molecule has 3 nitrogen and oxygen atoms in total. The molecule has 0 N–H and O–H groups in total. The van der Waals surface area contributed by atoms with Crippen molar-refractivity contribution in [3.8, 4) is 0 Å². The maximum Gasteiger partial charge on any atom is 0.253 e. The van der Waals surface area contributed by atoms with Gasteiger partial charge in [0.05, 0.1) is 7.11 Å². The molecule has 1 aliphatic rings. The number of carbonyl (C=O) groups excluding carboxylic acids is 1. The fraction of sp³-hybridized carbons (Fsp3) is 0.385. The Hall–Kier alpha value is -1.42. The molecule has 1 aromatic carbocycles. The minimum atomic E-state index is -0.486. The van der Waals surface area contributed by atoms with Gasteiger partial charge in [0, 0.05) is 11.7 Å². The summed E-state index contributed by atoms with van der Waals surface area (Å²) in [5.74, 6) is -0.101. The zero-order chi connectivity index (χ0) is 12.3. The maximum atomic E-state index is 12.4. The minimum Gasteiger partial charge on any atom is -0.369 e. The van der Waals surface area contributed by atoms with E-state index in [1.165, 1.54) is 0 Å². The molecule has 0 atom stereocenters. The molecular weight excluding hydrogens is 221 g/mol. The van der Waals surface area contributed by atoms with Crippen molar-refractivity contribution in [3.05, 3.63) is 36.9 Å². The van der Waals surface area contributed by atoms with Gasteiger partial charge in [-0.15, -0.1) is 0 Å². The van der Waals surface area contributed by atoms with E-state index in [0.717, 1.165) is 18.5 Å². The predicted octanol–water partition coefficient (Wildman–Crippen LogP) is 2.46. The second-order valence-electron chi connectivity index (χ2n) is 4.14. The molecule has 0 saturated heterocycles. The minimum absolute atomic E-state index is 0.0264. The van der Waals surface area contributed by atoms with Crippen LogP contribution in [0.4, 0.5) is 10.1 Å². The third-order valence-electron chi connectivity index (χ3n) is 2.78. The molecule has 1 aliphatic carbocycles. The summed E-state index contributed by atoms with van der Waals surface area (Å²) in [6.07, 6.45) is 2.02. The molecule has 1 fully saturated rings. The van der Waals surface area contributed by atoms with Gasteiger partial charge in [-0.3, -0.25) is 4.79 Å². The van der Waals surface area contributed by atoms with Crippen molar-refractivity contribution < 1.29 is 13.9 Å². The summed E-state index contributed by atoms with van der Waals surface area (Å²) in [6.45, 7) is -0.513. The molecule has 2 rings (SSSR count). The van der Waals surface area contributed by atoms with Gasteiger partial charge in [-0.05, 0) is 30.5 Å². The van der Waals surface area contributed by atoms with Crippen molar-refractivity contribution in [2.45, 2.75) is 25.6 Å². The molecule has 0 bridgehead atoms. The smallest absolute Gasteiger partial charge is 0.253 e. The van der Waals surface area contributed by atoms with Gasteiger partial charge < -0.3 is 9.64 Å². The summed E-state index contributed by atoms with van der Waals surface area (Å²) in [5, 5.41) is 0. The highest BCUT2D eigenvalue weighted by molar-refractivity contribution is 5.95. The van der Waals surface area contributed by atoms with Gasteiger partial charge in [0.1, 0.15) is 13.3 Å². The van der Waals surface area contributed by atoms with Gasteiger partial charge in [0.15, 0.2) is 0 Å². The first kappa shape index (κ1) is 12.0. The largest absolute Gasteiger partial charge is 0.369 e. The number of benzene rings is 1. The topological polar surface area (TPSA) is 29.5 Å². The summed E-state index contributed by atoms with van der Waals surface area (Å²) >= 11 is 0. The maximum absolute atomic E-state index is 12.4. The molecule has 1 saturated carbocycles. The number of hydrogen-bond acceptors (Lipinski definition) is 2. The van der Waals surface area contributed by atoms with E-state index >= 15 is 0 Å². The predicted molar refractivity (Wildman–Crippen MR) is 63.1 cm³/mol. The molecule has 1 aromatic rings. The van der Waals surface area contributed by atoms with E-state index in [-0.39, 0.29) is 18.6 Å². The Balaban J connectivity index is 2.16. The van der Waals surface area contributed by atoms with Crippen LogP contribution in [0.1, 0.15) is 18.4 Å². The van der Waals surface area contributed by atoms with Crippen molar-refractivity contribution >= 4 is 11.6 Å². The van der Waals surface area contributed by atoms with Crippen LogP contribution < -0.4 is 4.90 Å². The third-order valence-corrected chi connectivity index (χ3v) is 2.78. The number of alkyl halides is 1. The SMILES string of the molecule is [CH2]OCC(=O)N(c1ccc(CF)cc1)C1CC1. The number of hydrogen-bond donors (Lipinski definition) is 0. The van der Waals surface area contributed by atoms with Crippen molar-refractivity contribution in [2.75, 3.05) is 11.5 Å². The second kappa shape index (κ2) is 5.27. The molecule has 0 aliphatic heterocycles. The number of anilines is 1. The molecule has 0 aromatic heterocycles. The molecule has 17 heavy (non-hydrogen) atoms. The summed E-state index contributed by atoms with van der Waals surface area (Å²) < 4.78 is 17.0. The van der Waals surface area contributed by atoms with Crippen molar-refractivity contribution in [1.82, 2.24) is 0 Å². The van der Waals surface area contributed by atoms with Crippen LogP contribution in [-0.2, 0) is 16.2 Å². The monoisotopic (exact) mass is 236 g/mol. The molecule has 0 spiro atoms. The highest BCUT2D eigenvalue weighted by atomic mass is 19.1. The van der Waals surface area contributed by atoms with E-state index in [4.69, 9.17) is 0 Å². The number of amides is 1. The summed E-state index contributed by atoms with van der Waals surface area (Å²) in [6, 6.07) is 7.20. The Morgan fingerprint density at radius 2 is 2.06 bits per heavy atom. The average Bonchev–Trinajstić information content (AvgIpc) is 3.15. The molecule has 1 radical (unpaired) electrons. The van der Waals surface area contributed by atoms with Crippen LogP contribution in [0.3, 0.4) is 0 Å². The normalized spacial score (nSPS) is 14.7. The number of rotatable bonds is 5. The van der Waals surface area contributed by atoms with Crippen molar-refractivity contribution in [1.29, 1.82) is 0 Å². The van der Waals surface area contributed by atoms with Gasteiger partial charge >= 0.3 is 0 Å². The van der Waals surface area contributed by atoms with Crippen LogP contribution in [0, 0.1) is 7.11 Å². The van der Waals surface area contributed by atoms with Gasteiger partial charge in [0.25, 0.3) is 5.91 Å². The zero-order valence-corrected chi connectivity index (χ0v) is 9.56. The van der Waals surface area contributed by atoms with E-state index in [0.29, 0.717) is 5.56 Å². The number of halogens is 1. The van der Waals surface area contributed by atoms with Gasteiger partial charge in [-0.2, -0.15) is 0 Å². The summed E-state index contributed by atoms with van der Waals surface area (Å²) in [5.41, 5.74) is 1.41. The number of nitrogens with zero attached hydrogens (tertiary/aromatic N) is 1. The third kappa shape index (κ3) is 2.82. The van der Waals surface area contributed by atoms with E-state index in [9.17, 15) is 9.18 Å². The first-order chi connectivity index (χ1) is 8.26. The van der Waals surface area contributed by atoms with Crippen LogP contribution in [-0.4, -0.2) is 18.6 Å². The lowest BCUT2D eigenvalue weighted by Gasteiger charge is -2.22. The highest BCUT2D eigenvalue weighted by Crippen LogP contribution is 2.32. The van der Waals surface area contributed by atoms with Crippen LogP contribution in [0.5, 0.6) is 0 Å².